The van der Waals surface area contributed by atoms with Gasteiger partial charge in [-0.1, -0.05) is 53.5 Å². The fourth-order valence-corrected chi connectivity index (χ4v) is 2.49. The van der Waals surface area contributed by atoms with Gasteiger partial charge in [0.15, 0.2) is 5.11 Å². The van der Waals surface area contributed by atoms with Gasteiger partial charge in [0.1, 0.15) is 0 Å². The van der Waals surface area contributed by atoms with Crippen LogP contribution in [-0.2, 0) is 11.2 Å². The number of carbonyl (C=O) groups excluding carboxylic acids is 1. The lowest BCUT2D eigenvalue weighted by molar-refractivity contribution is -0.115. The van der Waals surface area contributed by atoms with Crippen molar-refractivity contribution < 1.29 is 4.79 Å². The zero-order valence-corrected chi connectivity index (χ0v) is 15.1. The molecule has 0 saturated carbocycles. The Morgan fingerprint density at radius 3 is 2.54 bits per heavy atom. The zero-order chi connectivity index (χ0) is 17.4. The Hall–Kier alpha value is -1.82. The lowest BCUT2D eigenvalue weighted by atomic mass is 10.1. The highest BCUT2D eigenvalue weighted by Gasteiger charge is 2.07. The van der Waals surface area contributed by atoms with Gasteiger partial charge in [-0.25, -0.2) is 0 Å². The van der Waals surface area contributed by atoms with Crippen LogP contribution in [0.15, 0.2) is 48.5 Å². The number of carbonyl (C=O) groups is 1. The maximum Gasteiger partial charge on any atom is 0.243 e. The average molecular weight is 382 g/mol. The van der Waals surface area contributed by atoms with E-state index < -0.39 is 0 Å². The molecule has 2 aromatic rings. The number of rotatable bonds is 6. The minimum absolute atomic E-state index is 0.0417. The molecule has 0 aliphatic carbocycles. The molecule has 3 N–H and O–H groups in total. The first-order chi connectivity index (χ1) is 11.5. The number of anilines is 1. The van der Waals surface area contributed by atoms with Crippen LogP contribution in [-0.4, -0.2) is 24.1 Å². The molecule has 0 bridgehead atoms. The van der Waals surface area contributed by atoms with Crippen LogP contribution in [0.2, 0.25) is 10.0 Å². The summed E-state index contributed by atoms with van der Waals surface area (Å²) in [6, 6.07) is 15.0. The standard InChI is InChI=1S/C17H17Cl2N3OS/c18-13-6-7-14(19)15(10-13)22-16(23)11-21-17(24)20-9-8-12-4-2-1-3-5-12/h1-7,10H,8-9,11H2,(H,22,23)(H2,20,21,24). The molecule has 2 rings (SSSR count). The van der Waals surface area contributed by atoms with Crippen LogP contribution >= 0.6 is 35.4 Å². The van der Waals surface area contributed by atoms with Crippen LogP contribution < -0.4 is 16.0 Å². The van der Waals surface area contributed by atoms with Crippen molar-refractivity contribution >= 4 is 52.1 Å². The second-order valence-corrected chi connectivity index (χ2v) is 6.27. The smallest absolute Gasteiger partial charge is 0.243 e. The van der Waals surface area contributed by atoms with E-state index in [1.54, 1.807) is 18.2 Å². The molecule has 0 atom stereocenters. The van der Waals surface area contributed by atoms with Crippen LogP contribution in [0.4, 0.5) is 5.69 Å². The minimum atomic E-state index is -0.258. The second-order valence-electron chi connectivity index (χ2n) is 5.02. The maximum atomic E-state index is 11.9. The number of hydrogen-bond donors (Lipinski definition) is 3. The van der Waals surface area contributed by atoms with E-state index in [1.807, 2.05) is 18.2 Å². The highest BCUT2D eigenvalue weighted by molar-refractivity contribution is 7.80. The Labute approximate surface area is 156 Å². The van der Waals surface area contributed by atoms with Crippen LogP contribution in [0.5, 0.6) is 0 Å². The molecule has 0 unspecified atom stereocenters. The molecule has 4 nitrogen and oxygen atoms in total. The van der Waals surface area contributed by atoms with Crippen molar-refractivity contribution in [2.75, 3.05) is 18.4 Å². The summed E-state index contributed by atoms with van der Waals surface area (Å²) < 4.78 is 0. The number of benzene rings is 2. The predicted molar refractivity (Wildman–Crippen MR) is 104 cm³/mol. The van der Waals surface area contributed by atoms with Gasteiger partial charge in [0, 0.05) is 11.6 Å². The van der Waals surface area contributed by atoms with Crippen molar-refractivity contribution in [3.05, 3.63) is 64.1 Å². The van der Waals surface area contributed by atoms with Gasteiger partial charge in [-0.2, -0.15) is 0 Å². The number of amides is 1. The van der Waals surface area contributed by atoms with E-state index in [9.17, 15) is 4.79 Å². The Balaban J connectivity index is 1.69. The molecule has 0 aliphatic heterocycles. The Morgan fingerprint density at radius 2 is 1.79 bits per heavy atom. The molecule has 1 amide bonds. The van der Waals surface area contributed by atoms with Gasteiger partial charge in [-0.05, 0) is 42.4 Å². The second kappa shape index (κ2) is 9.47. The highest BCUT2D eigenvalue weighted by atomic mass is 35.5. The lowest BCUT2D eigenvalue weighted by Gasteiger charge is -2.11. The van der Waals surface area contributed by atoms with E-state index in [2.05, 4.69) is 28.1 Å². The van der Waals surface area contributed by atoms with Crippen molar-refractivity contribution in [1.82, 2.24) is 10.6 Å². The predicted octanol–water partition coefficient (Wildman–Crippen LogP) is 3.64. The summed E-state index contributed by atoms with van der Waals surface area (Å²) in [6.07, 6.45) is 0.854. The number of halogens is 2. The molecule has 24 heavy (non-hydrogen) atoms. The van der Waals surface area contributed by atoms with E-state index in [0.29, 0.717) is 27.4 Å². The van der Waals surface area contributed by atoms with Crippen LogP contribution in [0.1, 0.15) is 5.56 Å². The first-order valence-corrected chi connectivity index (χ1v) is 8.51. The van der Waals surface area contributed by atoms with Gasteiger partial charge < -0.3 is 16.0 Å². The first kappa shape index (κ1) is 18.5. The SMILES string of the molecule is O=C(CNC(=S)NCCc1ccccc1)Nc1cc(Cl)ccc1Cl. The third kappa shape index (κ3) is 6.35. The van der Waals surface area contributed by atoms with Gasteiger partial charge in [-0.15, -0.1) is 0 Å². The Morgan fingerprint density at radius 1 is 1.04 bits per heavy atom. The summed E-state index contributed by atoms with van der Waals surface area (Å²) in [7, 11) is 0. The van der Waals surface area contributed by atoms with Crippen molar-refractivity contribution in [3.63, 3.8) is 0 Å². The summed E-state index contributed by atoms with van der Waals surface area (Å²) in [5.74, 6) is -0.258. The third-order valence-electron chi connectivity index (χ3n) is 3.15. The molecule has 0 aliphatic rings. The number of thiocarbonyl (C=S) groups is 1. The first-order valence-electron chi connectivity index (χ1n) is 7.35. The number of nitrogens with one attached hydrogen (secondary N) is 3. The molecule has 126 valence electrons. The van der Waals surface area contributed by atoms with Crippen molar-refractivity contribution in [2.45, 2.75) is 6.42 Å². The summed E-state index contributed by atoms with van der Waals surface area (Å²) in [6.45, 7) is 0.734. The van der Waals surface area contributed by atoms with Crippen molar-refractivity contribution in [2.24, 2.45) is 0 Å². The van der Waals surface area contributed by atoms with Crippen molar-refractivity contribution in [1.29, 1.82) is 0 Å². The quantitative estimate of drug-likeness (QED) is 0.668. The fraction of sp³-hybridized carbons (Fsp3) is 0.176. The van der Waals surface area contributed by atoms with Gasteiger partial charge >= 0.3 is 0 Å². The third-order valence-corrected chi connectivity index (χ3v) is 4.01. The van der Waals surface area contributed by atoms with Crippen molar-refractivity contribution in [3.8, 4) is 0 Å². The van der Waals surface area contributed by atoms with Crippen LogP contribution in [0.3, 0.4) is 0 Å². The van der Waals surface area contributed by atoms with Gasteiger partial charge in [0.2, 0.25) is 5.91 Å². The Bertz CT molecular complexity index is 710. The molecular weight excluding hydrogens is 365 g/mol. The topological polar surface area (TPSA) is 53.2 Å². The summed E-state index contributed by atoms with van der Waals surface area (Å²) in [5, 5.41) is 9.96. The Kier molecular flexibility index (Phi) is 7.31. The lowest BCUT2D eigenvalue weighted by Crippen LogP contribution is -2.40. The van der Waals surface area contributed by atoms with Crippen LogP contribution in [0.25, 0.3) is 0 Å². The van der Waals surface area contributed by atoms with Crippen LogP contribution in [0, 0.1) is 0 Å². The van der Waals surface area contributed by atoms with Gasteiger partial charge in [-0.3, -0.25) is 4.79 Å². The largest absolute Gasteiger partial charge is 0.362 e. The summed E-state index contributed by atoms with van der Waals surface area (Å²) >= 11 is 17.0. The molecule has 0 heterocycles. The van der Waals surface area contributed by atoms with Gasteiger partial charge in [0.25, 0.3) is 0 Å². The van der Waals surface area contributed by atoms with E-state index in [-0.39, 0.29) is 12.5 Å². The minimum Gasteiger partial charge on any atom is -0.362 e. The molecule has 2 aromatic carbocycles. The van der Waals surface area contributed by atoms with E-state index in [4.69, 9.17) is 35.4 Å². The molecule has 0 radical (unpaired) electrons. The van der Waals surface area contributed by atoms with E-state index >= 15 is 0 Å². The summed E-state index contributed by atoms with van der Waals surface area (Å²) in [4.78, 5) is 11.9. The normalized spacial score (nSPS) is 10.1. The molecule has 0 saturated heterocycles. The fourth-order valence-electron chi connectivity index (χ4n) is 1.98. The number of hydrogen-bond acceptors (Lipinski definition) is 2. The molecule has 0 fully saturated rings. The summed E-state index contributed by atoms with van der Waals surface area (Å²) in [5.41, 5.74) is 1.69. The maximum absolute atomic E-state index is 11.9. The van der Waals surface area contributed by atoms with E-state index in [1.165, 1.54) is 5.56 Å². The van der Waals surface area contributed by atoms with Gasteiger partial charge in [0.05, 0.1) is 17.3 Å². The average Bonchev–Trinajstić information content (AvgIpc) is 2.57. The molecular formula is C17H17Cl2N3OS. The van der Waals surface area contributed by atoms with E-state index in [0.717, 1.165) is 6.42 Å². The molecule has 0 aromatic heterocycles. The zero-order valence-electron chi connectivity index (χ0n) is 12.8. The molecule has 0 spiro atoms. The highest BCUT2D eigenvalue weighted by Crippen LogP contribution is 2.25. The monoisotopic (exact) mass is 381 g/mol. The molecule has 7 heteroatoms.